The predicted octanol–water partition coefficient (Wildman–Crippen LogP) is 2.03. The Morgan fingerprint density at radius 3 is 2.58 bits per heavy atom. The molecule has 10 heteroatoms. The lowest BCUT2D eigenvalue weighted by Crippen LogP contribution is -2.29. The normalized spacial score (nSPS) is 12.0. The van der Waals surface area contributed by atoms with Crippen molar-refractivity contribution in [3.05, 3.63) is 36.7 Å². The molecule has 0 aliphatic rings. The van der Waals surface area contributed by atoms with Crippen LogP contribution in [0.5, 0.6) is 5.75 Å². The average molecular weight is 365 g/mol. The zero-order valence-corrected chi connectivity index (χ0v) is 14.5. The maximum absolute atomic E-state index is 12.2. The van der Waals surface area contributed by atoms with Crippen molar-refractivity contribution >= 4 is 38.4 Å². The molecule has 0 unspecified atom stereocenters. The summed E-state index contributed by atoms with van der Waals surface area (Å²) in [6.45, 7) is 0. The minimum Gasteiger partial charge on any atom is -0.506 e. The monoisotopic (exact) mass is 365 g/mol. The molecule has 8 nitrogen and oxygen atoms in total. The van der Waals surface area contributed by atoms with Gasteiger partial charge in [-0.05, 0) is 17.8 Å². The molecule has 1 aromatic heterocycles. The fraction of sp³-hybridized carbons (Fsp3) is 0.143. The SMILES string of the molecule is CN(C)S(=O)(=O)Nc1cc(Sc2nc[nH]n2)c(O)c2ccccc12. The highest BCUT2D eigenvalue weighted by atomic mass is 32.2. The van der Waals surface area contributed by atoms with E-state index in [4.69, 9.17) is 0 Å². The summed E-state index contributed by atoms with van der Waals surface area (Å²) in [5, 5.41) is 18.6. The molecular weight excluding hydrogens is 350 g/mol. The smallest absolute Gasteiger partial charge is 0.301 e. The van der Waals surface area contributed by atoms with Crippen molar-refractivity contribution in [3.8, 4) is 5.75 Å². The molecule has 0 aliphatic heterocycles. The Labute approximate surface area is 143 Å². The van der Waals surface area contributed by atoms with Crippen molar-refractivity contribution in [3.63, 3.8) is 0 Å². The summed E-state index contributed by atoms with van der Waals surface area (Å²) in [4.78, 5) is 4.45. The van der Waals surface area contributed by atoms with E-state index in [0.29, 0.717) is 26.5 Å². The van der Waals surface area contributed by atoms with Gasteiger partial charge in [0.1, 0.15) is 12.1 Å². The molecule has 1 heterocycles. The Kier molecular flexibility index (Phi) is 4.35. The van der Waals surface area contributed by atoms with E-state index in [-0.39, 0.29) is 5.75 Å². The number of anilines is 1. The van der Waals surface area contributed by atoms with Crippen LogP contribution < -0.4 is 4.72 Å². The molecule has 0 fully saturated rings. The highest BCUT2D eigenvalue weighted by Gasteiger charge is 2.19. The number of phenols is 1. The summed E-state index contributed by atoms with van der Waals surface area (Å²) in [5.74, 6) is 0.0493. The second-order valence-electron chi connectivity index (χ2n) is 5.09. The molecule has 0 radical (unpaired) electrons. The van der Waals surface area contributed by atoms with Gasteiger partial charge in [0, 0.05) is 24.9 Å². The van der Waals surface area contributed by atoms with Crippen molar-refractivity contribution in [2.24, 2.45) is 0 Å². The van der Waals surface area contributed by atoms with Gasteiger partial charge in [0.05, 0.1) is 10.6 Å². The first-order valence-corrected chi connectivity index (χ1v) is 9.13. The Morgan fingerprint density at radius 1 is 1.25 bits per heavy atom. The lowest BCUT2D eigenvalue weighted by Gasteiger charge is -2.17. The summed E-state index contributed by atoms with van der Waals surface area (Å²) < 4.78 is 28.0. The lowest BCUT2D eigenvalue weighted by molar-refractivity contribution is 0.469. The first kappa shape index (κ1) is 16.6. The van der Waals surface area contributed by atoms with Gasteiger partial charge in [0.15, 0.2) is 0 Å². The number of nitrogens with one attached hydrogen (secondary N) is 2. The van der Waals surface area contributed by atoms with Crippen molar-refractivity contribution in [2.45, 2.75) is 10.1 Å². The summed E-state index contributed by atoms with van der Waals surface area (Å²) in [5.41, 5.74) is 0.370. The minimum absolute atomic E-state index is 0.0493. The van der Waals surface area contributed by atoms with Crippen LogP contribution in [-0.4, -0.2) is 47.1 Å². The standard InChI is InChI=1S/C14H15N5O3S2/c1-19(2)24(21,22)18-11-7-12(23-14-15-8-16-17-14)13(20)10-6-4-3-5-9(10)11/h3-8,18,20H,1-2H3,(H,15,16,17). The topological polar surface area (TPSA) is 111 Å². The van der Waals surface area contributed by atoms with Crippen LogP contribution in [-0.2, 0) is 10.2 Å². The molecule has 0 amide bonds. The molecule has 0 saturated heterocycles. The number of hydrogen-bond donors (Lipinski definition) is 3. The van der Waals surface area contributed by atoms with Gasteiger partial charge in [-0.25, -0.2) is 4.98 Å². The number of aromatic hydroxyl groups is 1. The van der Waals surface area contributed by atoms with Gasteiger partial charge >= 0.3 is 10.2 Å². The number of hydrogen-bond acceptors (Lipinski definition) is 6. The van der Waals surface area contributed by atoms with Gasteiger partial charge in [0.25, 0.3) is 0 Å². The Morgan fingerprint density at radius 2 is 1.96 bits per heavy atom. The third-order valence-electron chi connectivity index (χ3n) is 3.29. The number of nitrogens with zero attached hydrogens (tertiary/aromatic N) is 3. The molecule has 3 N–H and O–H groups in total. The molecule has 0 bridgehead atoms. The van der Waals surface area contributed by atoms with Crippen LogP contribution in [0.3, 0.4) is 0 Å². The minimum atomic E-state index is -3.68. The predicted molar refractivity (Wildman–Crippen MR) is 92.3 cm³/mol. The highest BCUT2D eigenvalue weighted by Crippen LogP contribution is 2.41. The Hall–Kier alpha value is -2.30. The van der Waals surface area contributed by atoms with Crippen LogP contribution in [0.1, 0.15) is 0 Å². The highest BCUT2D eigenvalue weighted by molar-refractivity contribution is 7.99. The van der Waals surface area contributed by atoms with E-state index in [1.807, 2.05) is 0 Å². The largest absolute Gasteiger partial charge is 0.506 e. The number of benzene rings is 2. The third kappa shape index (κ3) is 3.16. The van der Waals surface area contributed by atoms with Crippen LogP contribution in [0.2, 0.25) is 0 Å². The van der Waals surface area contributed by atoms with Crippen LogP contribution in [0.4, 0.5) is 5.69 Å². The van der Waals surface area contributed by atoms with E-state index in [1.165, 1.54) is 20.4 Å². The first-order valence-electron chi connectivity index (χ1n) is 6.87. The molecular formula is C14H15N5O3S2. The van der Waals surface area contributed by atoms with Crippen LogP contribution in [0.25, 0.3) is 10.8 Å². The molecule has 0 saturated carbocycles. The molecule has 126 valence electrons. The number of rotatable bonds is 5. The van der Waals surface area contributed by atoms with Crippen molar-refractivity contribution in [1.29, 1.82) is 0 Å². The van der Waals surface area contributed by atoms with E-state index < -0.39 is 10.2 Å². The van der Waals surface area contributed by atoms with Gasteiger partial charge < -0.3 is 5.11 Å². The second-order valence-corrected chi connectivity index (χ2v) is 7.98. The van der Waals surface area contributed by atoms with E-state index in [2.05, 4.69) is 19.9 Å². The van der Waals surface area contributed by atoms with Crippen molar-refractivity contribution < 1.29 is 13.5 Å². The average Bonchev–Trinajstić information content (AvgIpc) is 3.04. The van der Waals surface area contributed by atoms with Gasteiger partial charge in [-0.2, -0.15) is 12.7 Å². The van der Waals surface area contributed by atoms with Crippen LogP contribution in [0.15, 0.2) is 46.7 Å². The van der Waals surface area contributed by atoms with E-state index >= 15 is 0 Å². The van der Waals surface area contributed by atoms with Crippen LogP contribution in [0, 0.1) is 0 Å². The van der Waals surface area contributed by atoms with E-state index in [9.17, 15) is 13.5 Å². The zero-order chi connectivity index (χ0) is 17.3. The quantitative estimate of drug-likeness (QED) is 0.597. The Bertz CT molecular complexity index is 971. The molecule has 24 heavy (non-hydrogen) atoms. The van der Waals surface area contributed by atoms with Crippen LogP contribution >= 0.6 is 11.8 Å². The number of phenolic OH excluding ortho intramolecular Hbond substituents is 1. The fourth-order valence-electron chi connectivity index (χ4n) is 2.07. The van der Waals surface area contributed by atoms with Crippen molar-refractivity contribution in [2.75, 3.05) is 18.8 Å². The summed E-state index contributed by atoms with van der Waals surface area (Å²) in [6.07, 6.45) is 1.43. The molecule has 3 rings (SSSR count). The lowest BCUT2D eigenvalue weighted by atomic mass is 10.1. The molecule has 0 aliphatic carbocycles. The number of fused-ring (bicyclic) bond motifs is 1. The number of H-pyrrole nitrogens is 1. The molecule has 0 atom stereocenters. The Balaban J connectivity index is 2.15. The molecule has 0 spiro atoms. The first-order chi connectivity index (χ1) is 11.4. The summed E-state index contributed by atoms with van der Waals surface area (Å²) in [6, 6.07) is 8.58. The molecule has 2 aromatic carbocycles. The van der Waals surface area contributed by atoms with Gasteiger partial charge in [-0.3, -0.25) is 9.82 Å². The fourth-order valence-corrected chi connectivity index (χ4v) is 3.48. The van der Waals surface area contributed by atoms with Crippen molar-refractivity contribution in [1.82, 2.24) is 19.5 Å². The third-order valence-corrected chi connectivity index (χ3v) is 5.64. The zero-order valence-electron chi connectivity index (χ0n) is 12.9. The number of aromatic nitrogens is 3. The second kappa shape index (κ2) is 6.30. The number of aromatic amines is 1. The van der Waals surface area contributed by atoms with E-state index in [1.54, 1.807) is 30.3 Å². The summed E-state index contributed by atoms with van der Waals surface area (Å²) >= 11 is 1.13. The van der Waals surface area contributed by atoms with Gasteiger partial charge in [0.2, 0.25) is 5.16 Å². The maximum atomic E-state index is 12.2. The van der Waals surface area contributed by atoms with E-state index in [0.717, 1.165) is 16.1 Å². The van der Waals surface area contributed by atoms with Gasteiger partial charge in [-0.15, -0.1) is 5.10 Å². The van der Waals surface area contributed by atoms with Gasteiger partial charge in [-0.1, -0.05) is 24.3 Å². The maximum Gasteiger partial charge on any atom is 0.301 e. The molecule has 3 aromatic rings. The summed E-state index contributed by atoms with van der Waals surface area (Å²) in [7, 11) is -0.802.